The Hall–Kier alpha value is -3.09. The largest absolute Gasteiger partial charge is 0.469 e. The van der Waals surface area contributed by atoms with Crippen molar-refractivity contribution in [3.8, 4) is 0 Å². The van der Waals surface area contributed by atoms with Gasteiger partial charge in [0.05, 0.1) is 6.26 Å². The predicted molar refractivity (Wildman–Crippen MR) is 82.2 cm³/mol. The molecule has 0 unspecified atom stereocenters. The Morgan fingerprint density at radius 2 is 1.83 bits per heavy atom. The van der Waals surface area contributed by atoms with Crippen LogP contribution in [0.3, 0.4) is 0 Å². The summed E-state index contributed by atoms with van der Waals surface area (Å²) in [4.78, 5) is 34.9. The number of benzene rings is 1. The number of ether oxygens (including phenoxy) is 1. The van der Waals surface area contributed by atoms with E-state index in [4.69, 9.17) is 9.15 Å². The van der Waals surface area contributed by atoms with Gasteiger partial charge in [-0.15, -0.1) is 0 Å². The highest BCUT2D eigenvalue weighted by molar-refractivity contribution is 5.97. The van der Waals surface area contributed by atoms with Gasteiger partial charge in [-0.25, -0.2) is 4.79 Å². The van der Waals surface area contributed by atoms with Crippen molar-refractivity contribution in [3.63, 3.8) is 0 Å². The number of amides is 2. The quantitative estimate of drug-likeness (QED) is 0.819. The summed E-state index contributed by atoms with van der Waals surface area (Å²) in [6, 6.07) is 7.81. The van der Waals surface area contributed by atoms with Gasteiger partial charge in [0.2, 0.25) is 0 Å². The molecule has 23 heavy (non-hydrogen) atoms. The minimum Gasteiger partial charge on any atom is -0.469 e. The first-order valence-electron chi connectivity index (χ1n) is 6.84. The Bertz CT molecular complexity index is 718. The molecule has 1 heterocycles. The van der Waals surface area contributed by atoms with Crippen LogP contribution in [-0.2, 0) is 9.53 Å². The molecule has 0 radical (unpaired) electrons. The van der Waals surface area contributed by atoms with Crippen molar-refractivity contribution in [2.24, 2.45) is 0 Å². The maximum absolute atomic E-state index is 11.8. The van der Waals surface area contributed by atoms with Crippen LogP contribution >= 0.6 is 0 Å². The van der Waals surface area contributed by atoms with Crippen molar-refractivity contribution in [1.29, 1.82) is 0 Å². The summed E-state index contributed by atoms with van der Waals surface area (Å²) >= 11 is 0. The van der Waals surface area contributed by atoms with Crippen molar-refractivity contribution in [2.75, 3.05) is 19.0 Å². The number of hydrogen-bond acceptors (Lipinski definition) is 5. The average Bonchev–Trinajstić information content (AvgIpc) is 2.98. The van der Waals surface area contributed by atoms with Crippen molar-refractivity contribution < 1.29 is 23.5 Å². The minimum absolute atomic E-state index is 0.215. The first-order chi connectivity index (χ1) is 11.0. The van der Waals surface area contributed by atoms with Crippen molar-refractivity contribution in [2.45, 2.75) is 6.92 Å². The Balaban J connectivity index is 1.86. The minimum atomic E-state index is -0.624. The van der Waals surface area contributed by atoms with E-state index in [1.807, 2.05) is 0 Å². The lowest BCUT2D eigenvalue weighted by Gasteiger charge is -2.07. The van der Waals surface area contributed by atoms with Crippen LogP contribution in [0.2, 0.25) is 0 Å². The van der Waals surface area contributed by atoms with Gasteiger partial charge in [-0.05, 0) is 37.3 Å². The molecule has 0 atom stereocenters. The van der Waals surface area contributed by atoms with Crippen LogP contribution in [-0.4, -0.2) is 31.4 Å². The van der Waals surface area contributed by atoms with Gasteiger partial charge in [0.1, 0.15) is 11.3 Å². The van der Waals surface area contributed by atoms with Crippen LogP contribution in [0, 0.1) is 6.92 Å². The Morgan fingerprint density at radius 3 is 2.39 bits per heavy atom. The average molecular weight is 316 g/mol. The van der Waals surface area contributed by atoms with Crippen molar-refractivity contribution in [3.05, 3.63) is 53.5 Å². The number of esters is 1. The zero-order chi connectivity index (χ0) is 16.8. The third-order valence-corrected chi connectivity index (χ3v) is 3.07. The number of carbonyl (C=O) groups is 3. The molecule has 120 valence electrons. The topological polar surface area (TPSA) is 97.6 Å². The highest BCUT2D eigenvalue weighted by Gasteiger charge is 2.14. The van der Waals surface area contributed by atoms with Crippen LogP contribution in [0.15, 0.2) is 41.0 Å². The van der Waals surface area contributed by atoms with Gasteiger partial charge >= 0.3 is 5.97 Å². The second kappa shape index (κ2) is 7.26. The molecule has 1 aromatic carbocycles. The van der Waals surface area contributed by atoms with Crippen LogP contribution in [0.25, 0.3) is 0 Å². The highest BCUT2D eigenvalue weighted by Crippen LogP contribution is 2.11. The van der Waals surface area contributed by atoms with Crippen molar-refractivity contribution in [1.82, 2.24) is 5.32 Å². The van der Waals surface area contributed by atoms with E-state index in [2.05, 4.69) is 10.6 Å². The van der Waals surface area contributed by atoms with E-state index in [0.717, 1.165) is 0 Å². The zero-order valence-corrected chi connectivity index (χ0v) is 12.7. The second-order valence-corrected chi connectivity index (χ2v) is 4.67. The molecular formula is C16H16N2O5. The summed E-state index contributed by atoms with van der Waals surface area (Å²) in [6.45, 7) is 1.21. The third-order valence-electron chi connectivity index (χ3n) is 3.07. The fourth-order valence-electron chi connectivity index (χ4n) is 1.85. The van der Waals surface area contributed by atoms with E-state index in [9.17, 15) is 14.4 Å². The molecule has 2 N–H and O–H groups in total. The summed E-state index contributed by atoms with van der Waals surface area (Å²) in [7, 11) is 1.54. The number of nitrogens with one attached hydrogen (secondary N) is 2. The lowest BCUT2D eigenvalue weighted by Crippen LogP contribution is -2.21. The second-order valence-electron chi connectivity index (χ2n) is 4.67. The molecule has 1 aromatic heterocycles. The van der Waals surface area contributed by atoms with Gasteiger partial charge in [-0.2, -0.15) is 0 Å². The standard InChI is InChI=1S/C16H16N2O5/c1-10-13(7-8-22-10)16(21)23-9-14(19)18-12-5-3-11(4-6-12)15(20)17-2/h3-8H,9H2,1-2H3,(H,17,20)(H,18,19). The van der Waals surface area contributed by atoms with E-state index >= 15 is 0 Å². The number of furan rings is 1. The van der Waals surface area contributed by atoms with E-state index in [1.54, 1.807) is 31.2 Å². The van der Waals surface area contributed by atoms with Gasteiger partial charge < -0.3 is 19.8 Å². The SMILES string of the molecule is CNC(=O)c1ccc(NC(=O)COC(=O)c2ccoc2C)cc1. The fraction of sp³-hybridized carbons (Fsp3) is 0.188. The van der Waals surface area contributed by atoms with Crippen LogP contribution in [0.1, 0.15) is 26.5 Å². The van der Waals surface area contributed by atoms with E-state index in [-0.39, 0.29) is 11.5 Å². The molecule has 0 saturated carbocycles. The van der Waals surface area contributed by atoms with E-state index in [1.165, 1.54) is 19.4 Å². The fourth-order valence-corrected chi connectivity index (χ4v) is 1.85. The first kappa shape index (κ1) is 16.3. The number of anilines is 1. The maximum atomic E-state index is 11.8. The van der Waals surface area contributed by atoms with Gasteiger partial charge in [-0.1, -0.05) is 0 Å². The summed E-state index contributed by atoms with van der Waals surface area (Å²) < 4.78 is 9.90. The molecule has 0 aliphatic heterocycles. The van der Waals surface area contributed by atoms with Crippen LogP contribution in [0.4, 0.5) is 5.69 Å². The van der Waals surface area contributed by atoms with Gasteiger partial charge in [-0.3, -0.25) is 9.59 Å². The summed E-state index contributed by atoms with van der Waals surface area (Å²) in [5, 5.41) is 5.07. The smallest absolute Gasteiger partial charge is 0.342 e. The van der Waals surface area contributed by atoms with Crippen LogP contribution < -0.4 is 10.6 Å². The number of aryl methyl sites for hydroxylation is 1. The molecule has 0 aliphatic carbocycles. The number of rotatable bonds is 5. The molecule has 0 aliphatic rings. The predicted octanol–water partition coefficient (Wildman–Crippen LogP) is 1.74. The molecule has 0 saturated heterocycles. The zero-order valence-electron chi connectivity index (χ0n) is 12.7. The van der Waals surface area contributed by atoms with Crippen molar-refractivity contribution >= 4 is 23.5 Å². The molecule has 2 aromatic rings. The first-order valence-corrected chi connectivity index (χ1v) is 6.84. The van der Waals surface area contributed by atoms with Gasteiger partial charge in [0, 0.05) is 18.3 Å². The molecule has 2 rings (SSSR count). The summed E-state index contributed by atoms with van der Waals surface area (Å²) in [5.41, 5.74) is 1.26. The molecule has 2 amide bonds. The van der Waals surface area contributed by atoms with E-state index in [0.29, 0.717) is 17.0 Å². The molecule has 7 heteroatoms. The van der Waals surface area contributed by atoms with E-state index < -0.39 is 18.5 Å². The van der Waals surface area contributed by atoms with Crippen LogP contribution in [0.5, 0.6) is 0 Å². The normalized spacial score (nSPS) is 10.0. The summed E-state index contributed by atoms with van der Waals surface area (Å²) in [5.74, 6) is -0.888. The lowest BCUT2D eigenvalue weighted by molar-refractivity contribution is -0.119. The molecule has 0 fully saturated rings. The molecule has 0 bridgehead atoms. The number of carbonyl (C=O) groups excluding carboxylic acids is 3. The maximum Gasteiger partial charge on any atom is 0.342 e. The Kier molecular flexibility index (Phi) is 5.14. The Morgan fingerprint density at radius 1 is 1.13 bits per heavy atom. The molecular weight excluding hydrogens is 300 g/mol. The number of hydrogen-bond donors (Lipinski definition) is 2. The van der Waals surface area contributed by atoms with Gasteiger partial charge in [0.25, 0.3) is 11.8 Å². The Labute approximate surface area is 132 Å². The lowest BCUT2D eigenvalue weighted by atomic mass is 10.2. The highest BCUT2D eigenvalue weighted by atomic mass is 16.5. The third kappa shape index (κ3) is 4.19. The monoisotopic (exact) mass is 316 g/mol. The molecule has 7 nitrogen and oxygen atoms in total. The molecule has 0 spiro atoms. The van der Waals surface area contributed by atoms with Gasteiger partial charge in [0.15, 0.2) is 6.61 Å². The summed E-state index contributed by atoms with van der Waals surface area (Å²) in [6.07, 6.45) is 1.38.